The number of aromatic nitrogens is 1. The van der Waals surface area contributed by atoms with Gasteiger partial charge in [0.25, 0.3) is 0 Å². The molecule has 3 atom stereocenters. The maximum Gasteiger partial charge on any atom is 0.231 e. The molecule has 4 nitrogen and oxygen atoms in total. The minimum Gasteiger partial charge on any atom is -0.374 e. The van der Waals surface area contributed by atoms with Gasteiger partial charge in [-0.3, -0.25) is 4.79 Å². The van der Waals surface area contributed by atoms with Crippen molar-refractivity contribution in [3.05, 3.63) is 22.3 Å². The van der Waals surface area contributed by atoms with Crippen molar-refractivity contribution in [1.29, 1.82) is 0 Å². The summed E-state index contributed by atoms with van der Waals surface area (Å²) in [5.74, 6) is 0.680. The SMILES string of the molecule is Cc1cc(Br)cnc1NC(=O)C1CC2CCC1O2. The van der Waals surface area contributed by atoms with Crippen molar-refractivity contribution in [2.45, 2.75) is 38.4 Å². The standard InChI is InChI=1S/C13H15BrN2O2/c1-7-4-8(14)6-15-12(7)16-13(17)10-5-9-2-3-11(10)18-9/h4,6,9-11H,2-3,5H2,1H3,(H,15,16,17). The summed E-state index contributed by atoms with van der Waals surface area (Å²) < 4.78 is 6.62. The molecule has 0 radical (unpaired) electrons. The van der Waals surface area contributed by atoms with Crippen LogP contribution < -0.4 is 5.32 Å². The summed E-state index contributed by atoms with van der Waals surface area (Å²) in [5, 5.41) is 2.91. The molecule has 2 fully saturated rings. The van der Waals surface area contributed by atoms with E-state index in [2.05, 4.69) is 26.2 Å². The second-order valence-electron chi connectivity index (χ2n) is 5.02. The molecule has 2 saturated heterocycles. The summed E-state index contributed by atoms with van der Waals surface area (Å²) in [5.41, 5.74) is 0.960. The number of hydrogen-bond donors (Lipinski definition) is 1. The molecule has 96 valence electrons. The normalized spacial score (nSPS) is 29.6. The summed E-state index contributed by atoms with van der Waals surface area (Å²) >= 11 is 3.36. The lowest BCUT2D eigenvalue weighted by molar-refractivity contribution is -0.121. The van der Waals surface area contributed by atoms with E-state index in [0.29, 0.717) is 11.9 Å². The van der Waals surface area contributed by atoms with Crippen molar-refractivity contribution in [2.75, 3.05) is 5.32 Å². The van der Waals surface area contributed by atoms with Gasteiger partial charge >= 0.3 is 0 Å². The Hall–Kier alpha value is -0.940. The largest absolute Gasteiger partial charge is 0.374 e. The molecule has 18 heavy (non-hydrogen) atoms. The van der Waals surface area contributed by atoms with Crippen LogP contribution in [0.2, 0.25) is 0 Å². The molecule has 0 aromatic carbocycles. The third-order valence-electron chi connectivity index (χ3n) is 3.73. The molecule has 2 aliphatic heterocycles. The van der Waals surface area contributed by atoms with Crippen molar-refractivity contribution in [3.8, 4) is 0 Å². The molecular formula is C13H15BrN2O2. The van der Waals surface area contributed by atoms with E-state index in [1.807, 2.05) is 13.0 Å². The lowest BCUT2D eigenvalue weighted by Crippen LogP contribution is -2.31. The highest BCUT2D eigenvalue weighted by molar-refractivity contribution is 9.10. The number of amides is 1. The second-order valence-corrected chi connectivity index (χ2v) is 5.94. The lowest BCUT2D eigenvalue weighted by atomic mass is 9.88. The topological polar surface area (TPSA) is 51.2 Å². The van der Waals surface area contributed by atoms with Gasteiger partial charge in [-0.05, 0) is 53.7 Å². The summed E-state index contributed by atoms with van der Waals surface area (Å²) in [7, 11) is 0. The molecule has 1 aromatic heterocycles. The Labute approximate surface area is 114 Å². The Balaban J connectivity index is 1.71. The molecular weight excluding hydrogens is 296 g/mol. The highest BCUT2D eigenvalue weighted by Gasteiger charge is 2.44. The number of carbonyl (C=O) groups excluding carboxylic acids is 1. The molecule has 3 heterocycles. The molecule has 5 heteroatoms. The maximum atomic E-state index is 12.2. The minimum atomic E-state index is -0.00593. The number of aryl methyl sites for hydroxylation is 1. The van der Waals surface area contributed by atoms with E-state index >= 15 is 0 Å². The van der Waals surface area contributed by atoms with Crippen LogP contribution in [-0.2, 0) is 9.53 Å². The van der Waals surface area contributed by atoms with Gasteiger partial charge < -0.3 is 10.1 Å². The first kappa shape index (κ1) is 12.1. The van der Waals surface area contributed by atoms with E-state index in [1.165, 1.54) is 0 Å². The number of anilines is 1. The first-order valence-corrected chi connectivity index (χ1v) is 7.01. The number of fused-ring (bicyclic) bond motifs is 2. The third kappa shape index (κ3) is 2.17. The number of rotatable bonds is 2. The number of pyridine rings is 1. The summed E-state index contributed by atoms with van der Waals surface area (Å²) in [6.07, 6.45) is 5.07. The maximum absolute atomic E-state index is 12.2. The number of carbonyl (C=O) groups is 1. The van der Waals surface area contributed by atoms with Gasteiger partial charge in [-0.2, -0.15) is 0 Å². The number of nitrogens with one attached hydrogen (secondary N) is 1. The van der Waals surface area contributed by atoms with Gasteiger partial charge in [-0.25, -0.2) is 4.98 Å². The fraction of sp³-hybridized carbons (Fsp3) is 0.538. The molecule has 1 N–H and O–H groups in total. The van der Waals surface area contributed by atoms with Gasteiger partial charge in [0.15, 0.2) is 0 Å². The van der Waals surface area contributed by atoms with E-state index in [9.17, 15) is 4.79 Å². The molecule has 3 rings (SSSR count). The van der Waals surface area contributed by atoms with Gasteiger partial charge in [0.05, 0.1) is 18.1 Å². The number of nitrogens with zero attached hydrogens (tertiary/aromatic N) is 1. The lowest BCUT2D eigenvalue weighted by Gasteiger charge is -2.18. The van der Waals surface area contributed by atoms with E-state index in [-0.39, 0.29) is 17.9 Å². The van der Waals surface area contributed by atoms with Crippen molar-refractivity contribution < 1.29 is 9.53 Å². The zero-order valence-corrected chi connectivity index (χ0v) is 11.7. The smallest absolute Gasteiger partial charge is 0.231 e. The number of halogens is 1. The predicted molar refractivity (Wildman–Crippen MR) is 71.3 cm³/mol. The third-order valence-corrected chi connectivity index (χ3v) is 4.16. The second kappa shape index (κ2) is 4.63. The van der Waals surface area contributed by atoms with Gasteiger partial charge in [-0.15, -0.1) is 0 Å². The molecule has 0 aliphatic carbocycles. The number of hydrogen-bond acceptors (Lipinski definition) is 3. The Kier molecular flexibility index (Phi) is 3.11. The molecule has 0 spiro atoms. The Bertz CT molecular complexity index is 492. The van der Waals surface area contributed by atoms with Crippen LogP contribution in [0.4, 0.5) is 5.82 Å². The molecule has 2 aliphatic rings. The monoisotopic (exact) mass is 310 g/mol. The van der Waals surface area contributed by atoms with Crippen LogP contribution >= 0.6 is 15.9 Å². The molecule has 2 bridgehead atoms. The Morgan fingerprint density at radius 1 is 1.56 bits per heavy atom. The molecule has 0 saturated carbocycles. The first-order chi connectivity index (χ1) is 8.63. The van der Waals surface area contributed by atoms with Crippen molar-refractivity contribution in [2.24, 2.45) is 5.92 Å². The highest BCUT2D eigenvalue weighted by atomic mass is 79.9. The summed E-state index contributed by atoms with van der Waals surface area (Å²) in [4.78, 5) is 16.4. The van der Waals surface area contributed by atoms with Crippen LogP contribution in [-0.4, -0.2) is 23.1 Å². The zero-order chi connectivity index (χ0) is 12.7. The van der Waals surface area contributed by atoms with E-state index in [4.69, 9.17) is 4.74 Å². The fourth-order valence-corrected chi connectivity index (χ4v) is 3.24. The first-order valence-electron chi connectivity index (χ1n) is 6.22. The van der Waals surface area contributed by atoms with Crippen LogP contribution in [0, 0.1) is 12.8 Å². The van der Waals surface area contributed by atoms with Crippen LogP contribution in [0.25, 0.3) is 0 Å². The Morgan fingerprint density at radius 2 is 2.39 bits per heavy atom. The fourth-order valence-electron chi connectivity index (χ4n) is 2.79. The molecule has 1 amide bonds. The van der Waals surface area contributed by atoms with Gasteiger partial charge in [0.1, 0.15) is 5.82 Å². The van der Waals surface area contributed by atoms with Crippen LogP contribution in [0.1, 0.15) is 24.8 Å². The molecule has 1 aromatic rings. The quantitative estimate of drug-likeness (QED) is 0.913. The minimum absolute atomic E-state index is 0.00593. The van der Waals surface area contributed by atoms with Crippen LogP contribution in [0.15, 0.2) is 16.7 Å². The van der Waals surface area contributed by atoms with E-state index in [1.54, 1.807) is 6.20 Å². The number of ether oxygens (including phenoxy) is 1. The van der Waals surface area contributed by atoms with Crippen molar-refractivity contribution in [3.63, 3.8) is 0 Å². The van der Waals surface area contributed by atoms with Gasteiger partial charge in [-0.1, -0.05) is 0 Å². The highest BCUT2D eigenvalue weighted by Crippen LogP contribution is 2.39. The molecule has 3 unspecified atom stereocenters. The van der Waals surface area contributed by atoms with Crippen LogP contribution in [0.5, 0.6) is 0 Å². The van der Waals surface area contributed by atoms with Crippen molar-refractivity contribution >= 4 is 27.7 Å². The van der Waals surface area contributed by atoms with Crippen LogP contribution in [0.3, 0.4) is 0 Å². The average molecular weight is 311 g/mol. The van der Waals surface area contributed by atoms with E-state index < -0.39 is 0 Å². The zero-order valence-electron chi connectivity index (χ0n) is 10.1. The van der Waals surface area contributed by atoms with E-state index in [0.717, 1.165) is 29.3 Å². The predicted octanol–water partition coefficient (Wildman–Crippen LogP) is 2.66. The summed E-state index contributed by atoms with van der Waals surface area (Å²) in [6, 6.07) is 1.94. The summed E-state index contributed by atoms with van der Waals surface area (Å²) in [6.45, 7) is 1.94. The van der Waals surface area contributed by atoms with Gasteiger partial charge in [0.2, 0.25) is 5.91 Å². The average Bonchev–Trinajstić information content (AvgIpc) is 2.94. The van der Waals surface area contributed by atoms with Crippen molar-refractivity contribution in [1.82, 2.24) is 4.98 Å². The van der Waals surface area contributed by atoms with Gasteiger partial charge in [0, 0.05) is 10.7 Å². The Morgan fingerprint density at radius 3 is 3.00 bits per heavy atom.